The highest BCUT2D eigenvalue weighted by Gasteiger charge is 2.18. The summed E-state index contributed by atoms with van der Waals surface area (Å²) < 4.78 is 25.0. The van der Waals surface area contributed by atoms with Crippen molar-refractivity contribution in [3.63, 3.8) is 0 Å². The first-order valence-electron chi connectivity index (χ1n) is 11.2. The maximum atomic E-state index is 13.9. The maximum Gasteiger partial charge on any atom is 0.338 e. The fraction of sp³-hybridized carbons (Fsp3) is 0.269. The lowest BCUT2D eigenvalue weighted by atomic mass is 9.95. The number of nitrogens with zero attached hydrogens (tertiary/aromatic N) is 1. The third-order valence-corrected chi connectivity index (χ3v) is 5.70. The van der Waals surface area contributed by atoms with Crippen LogP contribution in [0.2, 0.25) is 0 Å². The first kappa shape index (κ1) is 23.5. The Labute approximate surface area is 197 Å². The molecule has 1 fully saturated rings. The van der Waals surface area contributed by atoms with E-state index in [1.165, 1.54) is 12.3 Å². The Balaban J connectivity index is 1.54. The molecule has 2 aromatic carbocycles. The Kier molecular flexibility index (Phi) is 7.61. The van der Waals surface area contributed by atoms with E-state index in [0.29, 0.717) is 28.9 Å². The van der Waals surface area contributed by atoms with Crippen LogP contribution in [0, 0.1) is 5.82 Å². The van der Waals surface area contributed by atoms with E-state index in [-0.39, 0.29) is 24.9 Å². The lowest BCUT2D eigenvalue weighted by Crippen LogP contribution is -2.25. The number of ether oxygens (including phenoxy) is 2. The lowest BCUT2D eigenvalue weighted by Gasteiger charge is -2.22. The Morgan fingerprint density at radius 2 is 2.03 bits per heavy atom. The first-order chi connectivity index (χ1) is 16.5. The average molecular weight is 464 g/mol. The fourth-order valence-electron chi connectivity index (χ4n) is 3.84. The molecule has 1 aromatic heterocycles. The second kappa shape index (κ2) is 11.0. The van der Waals surface area contributed by atoms with Crippen molar-refractivity contribution >= 4 is 17.6 Å². The second-order valence-electron chi connectivity index (χ2n) is 8.05. The number of rotatable bonds is 7. The molecule has 3 N–H and O–H groups in total. The summed E-state index contributed by atoms with van der Waals surface area (Å²) in [6.45, 7) is 1.15. The summed E-state index contributed by atoms with van der Waals surface area (Å²) >= 11 is 0. The molecule has 0 radical (unpaired) electrons. The van der Waals surface area contributed by atoms with Gasteiger partial charge in [-0.15, -0.1) is 0 Å². The van der Waals surface area contributed by atoms with Crippen LogP contribution in [0.5, 0.6) is 0 Å². The summed E-state index contributed by atoms with van der Waals surface area (Å²) in [7, 11) is 0. The lowest BCUT2D eigenvalue weighted by molar-refractivity contribution is -0.0300. The third kappa shape index (κ3) is 5.65. The fourth-order valence-corrected chi connectivity index (χ4v) is 3.84. The molecule has 7 nitrogen and oxygen atoms in total. The van der Waals surface area contributed by atoms with Crippen LogP contribution < -0.4 is 11.1 Å². The SMILES string of the molecule is NCc1ccc(C(=O)Nc2ccncc2F)cc1-c1cccc(C(=O)OCC2CCCCO2)c1. The van der Waals surface area contributed by atoms with E-state index in [0.717, 1.165) is 31.0 Å². The van der Waals surface area contributed by atoms with Crippen molar-refractivity contribution in [2.24, 2.45) is 5.73 Å². The van der Waals surface area contributed by atoms with Gasteiger partial charge in [0.1, 0.15) is 6.61 Å². The number of carbonyl (C=O) groups excluding carboxylic acids is 2. The zero-order valence-corrected chi connectivity index (χ0v) is 18.6. The van der Waals surface area contributed by atoms with Gasteiger partial charge in [-0.05, 0) is 66.3 Å². The molecule has 1 unspecified atom stereocenters. The molecule has 1 saturated heterocycles. The molecule has 8 heteroatoms. The monoisotopic (exact) mass is 463 g/mol. The molecule has 0 bridgehead atoms. The van der Waals surface area contributed by atoms with Crippen molar-refractivity contribution in [2.75, 3.05) is 18.5 Å². The number of benzene rings is 2. The van der Waals surface area contributed by atoms with Crippen LogP contribution in [0.15, 0.2) is 60.9 Å². The number of pyridine rings is 1. The number of esters is 1. The molecular weight excluding hydrogens is 437 g/mol. The molecule has 0 saturated carbocycles. The number of anilines is 1. The van der Waals surface area contributed by atoms with Crippen molar-refractivity contribution in [1.82, 2.24) is 4.98 Å². The Hall–Kier alpha value is -3.62. The van der Waals surface area contributed by atoms with Gasteiger partial charge in [-0.1, -0.05) is 18.2 Å². The van der Waals surface area contributed by atoms with Crippen LogP contribution in [-0.2, 0) is 16.0 Å². The maximum absolute atomic E-state index is 13.9. The van der Waals surface area contributed by atoms with Crippen LogP contribution in [0.3, 0.4) is 0 Å². The van der Waals surface area contributed by atoms with Gasteiger partial charge >= 0.3 is 5.97 Å². The minimum Gasteiger partial charge on any atom is -0.459 e. The smallest absolute Gasteiger partial charge is 0.338 e. The van der Waals surface area contributed by atoms with E-state index in [1.54, 1.807) is 36.4 Å². The zero-order chi connectivity index (χ0) is 23.9. The van der Waals surface area contributed by atoms with Gasteiger partial charge in [0.05, 0.1) is 23.6 Å². The largest absolute Gasteiger partial charge is 0.459 e. The van der Waals surface area contributed by atoms with Crippen molar-refractivity contribution in [2.45, 2.75) is 31.9 Å². The van der Waals surface area contributed by atoms with E-state index < -0.39 is 17.7 Å². The van der Waals surface area contributed by atoms with Gasteiger partial charge in [0, 0.05) is 24.9 Å². The molecule has 1 aliphatic rings. The van der Waals surface area contributed by atoms with E-state index in [4.69, 9.17) is 15.2 Å². The predicted octanol–water partition coefficient (Wildman–Crippen LogP) is 4.32. The molecular formula is C26H26FN3O4. The number of halogens is 1. The summed E-state index contributed by atoms with van der Waals surface area (Å²) in [4.78, 5) is 29.1. The number of hydrogen-bond donors (Lipinski definition) is 2. The summed E-state index contributed by atoms with van der Waals surface area (Å²) in [6.07, 6.45) is 5.34. The van der Waals surface area contributed by atoms with Gasteiger partial charge in [0.25, 0.3) is 5.91 Å². The second-order valence-corrected chi connectivity index (χ2v) is 8.05. The van der Waals surface area contributed by atoms with Gasteiger partial charge in [0.2, 0.25) is 0 Å². The molecule has 1 amide bonds. The normalized spacial score (nSPS) is 15.5. The Morgan fingerprint density at radius 1 is 1.15 bits per heavy atom. The topological polar surface area (TPSA) is 104 Å². The summed E-state index contributed by atoms with van der Waals surface area (Å²) in [6, 6.07) is 13.4. The molecule has 3 aromatic rings. The number of hydrogen-bond acceptors (Lipinski definition) is 6. The zero-order valence-electron chi connectivity index (χ0n) is 18.6. The van der Waals surface area contributed by atoms with Crippen molar-refractivity contribution in [3.8, 4) is 11.1 Å². The van der Waals surface area contributed by atoms with E-state index in [1.807, 2.05) is 6.07 Å². The summed E-state index contributed by atoms with van der Waals surface area (Å²) in [5, 5.41) is 2.55. The quantitative estimate of drug-likeness (QED) is 0.506. The molecule has 0 aliphatic carbocycles. The van der Waals surface area contributed by atoms with Crippen LogP contribution in [0.4, 0.5) is 10.1 Å². The molecule has 0 spiro atoms. The van der Waals surface area contributed by atoms with Crippen molar-refractivity contribution in [3.05, 3.63) is 83.4 Å². The highest BCUT2D eigenvalue weighted by Crippen LogP contribution is 2.27. The first-order valence-corrected chi connectivity index (χ1v) is 11.2. The molecule has 176 valence electrons. The summed E-state index contributed by atoms with van der Waals surface area (Å²) in [5.74, 6) is -1.54. The standard InChI is InChI=1S/C26H26FN3O4/c27-23-15-29-10-9-24(23)30-25(31)18-7-8-20(14-28)22(13-18)17-4-3-5-19(12-17)26(32)34-16-21-6-1-2-11-33-21/h3-5,7-10,12-13,15,21H,1-2,6,11,14,16,28H2,(H,29,30,31). The van der Waals surface area contributed by atoms with E-state index >= 15 is 0 Å². The number of aromatic nitrogens is 1. The van der Waals surface area contributed by atoms with Gasteiger partial charge in [-0.2, -0.15) is 0 Å². The van der Waals surface area contributed by atoms with E-state index in [2.05, 4.69) is 10.3 Å². The molecule has 4 rings (SSSR count). The van der Waals surface area contributed by atoms with Crippen LogP contribution in [0.1, 0.15) is 45.5 Å². The minimum absolute atomic E-state index is 0.0381. The van der Waals surface area contributed by atoms with Crippen LogP contribution in [0.25, 0.3) is 11.1 Å². The Morgan fingerprint density at radius 3 is 2.79 bits per heavy atom. The van der Waals surface area contributed by atoms with Gasteiger partial charge in [-0.25, -0.2) is 9.18 Å². The van der Waals surface area contributed by atoms with Gasteiger partial charge < -0.3 is 20.5 Å². The van der Waals surface area contributed by atoms with Crippen LogP contribution in [-0.4, -0.2) is 36.2 Å². The number of amides is 1. The molecule has 1 aliphatic heterocycles. The third-order valence-electron chi connectivity index (χ3n) is 5.70. The van der Waals surface area contributed by atoms with Gasteiger partial charge in [-0.3, -0.25) is 9.78 Å². The van der Waals surface area contributed by atoms with Crippen LogP contribution >= 0.6 is 0 Å². The van der Waals surface area contributed by atoms with Crippen molar-refractivity contribution in [1.29, 1.82) is 0 Å². The average Bonchev–Trinajstić information content (AvgIpc) is 2.89. The highest BCUT2D eigenvalue weighted by atomic mass is 19.1. The molecule has 2 heterocycles. The highest BCUT2D eigenvalue weighted by molar-refractivity contribution is 6.05. The predicted molar refractivity (Wildman–Crippen MR) is 126 cm³/mol. The minimum atomic E-state index is -0.625. The van der Waals surface area contributed by atoms with Gasteiger partial charge in [0.15, 0.2) is 5.82 Å². The number of carbonyl (C=O) groups is 2. The number of nitrogens with two attached hydrogens (primary N) is 1. The summed E-state index contributed by atoms with van der Waals surface area (Å²) in [5.41, 5.74) is 8.90. The van der Waals surface area contributed by atoms with E-state index in [9.17, 15) is 14.0 Å². The molecule has 1 atom stereocenters. The van der Waals surface area contributed by atoms with Crippen molar-refractivity contribution < 1.29 is 23.5 Å². The Bertz CT molecular complexity index is 1180. The number of nitrogens with one attached hydrogen (secondary N) is 1. The molecule has 34 heavy (non-hydrogen) atoms.